The highest BCUT2D eigenvalue weighted by atomic mass is 19.1. The highest BCUT2D eigenvalue weighted by molar-refractivity contribution is 5.92. The zero-order valence-corrected chi connectivity index (χ0v) is 24.1. The van der Waals surface area contributed by atoms with E-state index in [1.165, 1.54) is 23.1 Å². The van der Waals surface area contributed by atoms with Crippen LogP contribution in [0, 0.1) is 25.6 Å². The Labute approximate surface area is 237 Å². The molecule has 218 valence electrons. The summed E-state index contributed by atoms with van der Waals surface area (Å²) in [7, 11) is 0. The maximum atomic E-state index is 13.9. The van der Waals surface area contributed by atoms with Crippen LogP contribution in [-0.2, 0) is 11.3 Å². The lowest BCUT2D eigenvalue weighted by Gasteiger charge is -2.32. The van der Waals surface area contributed by atoms with Gasteiger partial charge in [-0.1, -0.05) is 18.2 Å². The molecule has 1 N–H and O–H groups in total. The highest BCUT2D eigenvalue weighted by Crippen LogP contribution is 2.18. The molecule has 11 heteroatoms. The van der Waals surface area contributed by atoms with Gasteiger partial charge in [-0.2, -0.15) is 9.78 Å². The first kappa shape index (κ1) is 29.7. The fourth-order valence-corrected chi connectivity index (χ4v) is 4.74. The summed E-state index contributed by atoms with van der Waals surface area (Å²) in [5.41, 5.74) is 0.0868. The van der Waals surface area contributed by atoms with E-state index in [4.69, 9.17) is 4.74 Å². The number of nitrogens with one attached hydrogen (secondary N) is 1. The molecule has 1 aliphatic rings. The number of halogens is 1. The Morgan fingerprint density at radius 1 is 1.10 bits per heavy atom. The minimum atomic E-state index is -0.849. The van der Waals surface area contributed by atoms with Gasteiger partial charge in [-0.05, 0) is 94.3 Å². The Kier molecular flexibility index (Phi) is 8.74. The van der Waals surface area contributed by atoms with Crippen LogP contribution in [0.3, 0.4) is 0 Å². The zero-order valence-electron chi connectivity index (χ0n) is 24.1. The van der Waals surface area contributed by atoms with Crippen LogP contribution in [0.15, 0.2) is 52.1 Å². The predicted octanol–water partition coefficient (Wildman–Crippen LogP) is 3.58. The van der Waals surface area contributed by atoms with E-state index in [-0.39, 0.29) is 12.5 Å². The maximum absolute atomic E-state index is 13.9. The van der Waals surface area contributed by atoms with Crippen molar-refractivity contribution in [2.45, 2.75) is 59.6 Å². The summed E-state index contributed by atoms with van der Waals surface area (Å²) in [6, 6.07) is 10.9. The van der Waals surface area contributed by atoms with Gasteiger partial charge in [0.1, 0.15) is 11.4 Å². The average molecular weight is 566 g/mol. The minimum Gasteiger partial charge on any atom is -0.444 e. The van der Waals surface area contributed by atoms with Crippen molar-refractivity contribution in [2.75, 3.05) is 19.6 Å². The number of carbonyl (C=O) groups is 2. The molecule has 1 atom stereocenters. The number of amides is 2. The maximum Gasteiger partial charge on any atom is 0.407 e. The Hall–Kier alpha value is -4.28. The van der Waals surface area contributed by atoms with Gasteiger partial charge in [0.2, 0.25) is 5.69 Å². The van der Waals surface area contributed by atoms with E-state index >= 15 is 0 Å². The molecule has 0 radical (unpaired) electrons. The molecule has 41 heavy (non-hydrogen) atoms. The number of piperidine rings is 1. The first-order valence-corrected chi connectivity index (χ1v) is 13.6. The van der Waals surface area contributed by atoms with Gasteiger partial charge in [0.25, 0.3) is 11.5 Å². The number of carbonyl (C=O) groups excluding carboxylic acids is 2. The van der Waals surface area contributed by atoms with Crippen LogP contribution in [0.1, 0.15) is 60.8 Å². The molecule has 2 aromatic carbocycles. The van der Waals surface area contributed by atoms with E-state index in [1.807, 2.05) is 19.9 Å². The second-order valence-corrected chi connectivity index (χ2v) is 11.5. The molecule has 1 fully saturated rings. The SMILES string of the molecule is Cc1ccc(-n2nc(C(=O)N3CCC[C@H](CNC(=O)OC(C)(C)C)C3)c(=O)n(Cc3cccc(F)c3)c2=O)cc1C. The van der Waals surface area contributed by atoms with Gasteiger partial charge in [0.15, 0.2) is 0 Å². The van der Waals surface area contributed by atoms with E-state index in [9.17, 15) is 23.6 Å². The summed E-state index contributed by atoms with van der Waals surface area (Å²) in [4.78, 5) is 54.5. The van der Waals surface area contributed by atoms with Gasteiger partial charge in [0.05, 0.1) is 12.2 Å². The van der Waals surface area contributed by atoms with Crippen molar-refractivity contribution in [1.82, 2.24) is 24.6 Å². The second-order valence-electron chi connectivity index (χ2n) is 11.5. The number of aryl methyl sites for hydroxylation is 2. The molecule has 0 spiro atoms. The normalized spacial score (nSPS) is 15.5. The number of hydrogen-bond donors (Lipinski definition) is 1. The average Bonchev–Trinajstić information content (AvgIpc) is 2.90. The molecule has 3 aromatic rings. The van der Waals surface area contributed by atoms with Crippen LogP contribution in [0.25, 0.3) is 5.69 Å². The zero-order chi connectivity index (χ0) is 29.9. The largest absolute Gasteiger partial charge is 0.444 e. The van der Waals surface area contributed by atoms with E-state index in [0.29, 0.717) is 37.3 Å². The summed E-state index contributed by atoms with van der Waals surface area (Å²) >= 11 is 0. The first-order chi connectivity index (χ1) is 19.3. The van der Waals surface area contributed by atoms with Crippen molar-refractivity contribution in [3.05, 3.63) is 91.5 Å². The molecule has 0 aliphatic carbocycles. The lowest BCUT2D eigenvalue weighted by Crippen LogP contribution is -2.49. The van der Waals surface area contributed by atoms with E-state index in [2.05, 4.69) is 10.4 Å². The lowest BCUT2D eigenvalue weighted by atomic mass is 9.98. The fraction of sp³-hybridized carbons (Fsp3) is 0.433. The van der Waals surface area contributed by atoms with Gasteiger partial charge in [0, 0.05) is 19.6 Å². The van der Waals surface area contributed by atoms with Crippen molar-refractivity contribution in [3.63, 3.8) is 0 Å². The number of hydrogen-bond acceptors (Lipinski definition) is 6. The molecule has 4 rings (SSSR count). The molecule has 2 amide bonds. The van der Waals surface area contributed by atoms with Crippen LogP contribution in [0.5, 0.6) is 0 Å². The van der Waals surface area contributed by atoms with Crippen LogP contribution < -0.4 is 16.6 Å². The third kappa shape index (κ3) is 7.27. The number of aromatic nitrogens is 3. The van der Waals surface area contributed by atoms with Crippen LogP contribution >= 0.6 is 0 Å². The number of likely N-dealkylation sites (tertiary alicyclic amines) is 1. The number of nitrogens with zero attached hydrogens (tertiary/aromatic N) is 4. The van der Waals surface area contributed by atoms with Crippen molar-refractivity contribution in [2.24, 2.45) is 5.92 Å². The van der Waals surface area contributed by atoms with Crippen LogP contribution in [-0.4, -0.2) is 56.5 Å². The fourth-order valence-electron chi connectivity index (χ4n) is 4.74. The summed E-state index contributed by atoms with van der Waals surface area (Å²) in [6.45, 7) is 9.91. The van der Waals surface area contributed by atoms with Gasteiger partial charge in [-0.15, -0.1) is 0 Å². The molecule has 1 aliphatic heterocycles. The smallest absolute Gasteiger partial charge is 0.407 e. The lowest BCUT2D eigenvalue weighted by molar-refractivity contribution is 0.0501. The van der Waals surface area contributed by atoms with Crippen molar-refractivity contribution in [1.29, 1.82) is 0 Å². The quantitative estimate of drug-likeness (QED) is 0.489. The molecule has 0 unspecified atom stereocenters. The van der Waals surface area contributed by atoms with Crippen molar-refractivity contribution >= 4 is 12.0 Å². The highest BCUT2D eigenvalue weighted by Gasteiger charge is 2.30. The van der Waals surface area contributed by atoms with E-state index < -0.39 is 40.4 Å². The Morgan fingerprint density at radius 2 is 1.85 bits per heavy atom. The Morgan fingerprint density at radius 3 is 2.54 bits per heavy atom. The van der Waals surface area contributed by atoms with Crippen molar-refractivity contribution < 1.29 is 18.7 Å². The van der Waals surface area contributed by atoms with Crippen molar-refractivity contribution in [3.8, 4) is 5.69 Å². The summed E-state index contributed by atoms with van der Waals surface area (Å²) in [5, 5.41) is 7.01. The number of ether oxygens (including phenoxy) is 1. The summed E-state index contributed by atoms with van der Waals surface area (Å²) in [5.74, 6) is -1.17. The number of rotatable bonds is 6. The molecule has 0 saturated carbocycles. The molecule has 2 heterocycles. The third-order valence-electron chi connectivity index (χ3n) is 6.97. The van der Waals surface area contributed by atoms with Gasteiger partial charge in [-0.25, -0.2) is 14.0 Å². The van der Waals surface area contributed by atoms with Gasteiger partial charge >= 0.3 is 11.8 Å². The third-order valence-corrected chi connectivity index (χ3v) is 6.97. The van der Waals surface area contributed by atoms with E-state index in [0.717, 1.165) is 26.8 Å². The molecular weight excluding hydrogens is 529 g/mol. The monoisotopic (exact) mass is 565 g/mol. The topological polar surface area (TPSA) is 116 Å². The summed E-state index contributed by atoms with van der Waals surface area (Å²) < 4.78 is 21.2. The number of benzene rings is 2. The minimum absolute atomic E-state index is 0.0552. The standard InChI is InChI=1S/C30H36FN5O5/c1-19-11-12-24(14-20(19)2)36-29(40)35(18-21-8-6-10-23(31)15-21)27(38)25(33-36)26(37)34-13-7-9-22(17-34)16-32-28(39)41-30(3,4)5/h6,8,10-12,14-15,22H,7,9,13,16-18H2,1-5H3,(H,32,39)/t22-/m1/s1. The van der Waals surface area contributed by atoms with E-state index in [1.54, 1.807) is 39.0 Å². The molecular formula is C30H36FN5O5. The molecule has 1 saturated heterocycles. The first-order valence-electron chi connectivity index (χ1n) is 13.6. The van der Waals surface area contributed by atoms with Gasteiger partial charge in [-0.3, -0.25) is 14.2 Å². The second kappa shape index (κ2) is 12.1. The molecule has 0 bridgehead atoms. The Bertz CT molecular complexity index is 1570. The molecule has 10 nitrogen and oxygen atoms in total. The van der Waals surface area contributed by atoms with Gasteiger partial charge < -0.3 is 15.0 Å². The number of alkyl carbamates (subject to hydrolysis) is 1. The summed E-state index contributed by atoms with van der Waals surface area (Å²) in [6.07, 6.45) is 0.905. The Balaban J connectivity index is 1.67. The molecule has 1 aromatic heterocycles. The van der Waals surface area contributed by atoms with Crippen LogP contribution in [0.2, 0.25) is 0 Å². The van der Waals surface area contributed by atoms with Crippen LogP contribution in [0.4, 0.5) is 9.18 Å². The predicted molar refractivity (Wildman–Crippen MR) is 152 cm³/mol.